The van der Waals surface area contributed by atoms with Crippen LogP contribution in [0.5, 0.6) is 0 Å². The highest BCUT2D eigenvalue weighted by molar-refractivity contribution is 7.99. The summed E-state index contributed by atoms with van der Waals surface area (Å²) in [6, 6.07) is 9.27. The number of halogens is 1. The van der Waals surface area contributed by atoms with Crippen LogP contribution in [0.4, 0.5) is 11.6 Å². The van der Waals surface area contributed by atoms with Crippen LogP contribution in [0.25, 0.3) is 0 Å². The molecule has 2 aromatic heterocycles. The lowest BCUT2D eigenvalue weighted by atomic mass is 10.2. The number of nitrogens with zero attached hydrogens (tertiary/aromatic N) is 4. The van der Waals surface area contributed by atoms with E-state index in [9.17, 15) is 4.79 Å². The van der Waals surface area contributed by atoms with Crippen LogP contribution in [0.3, 0.4) is 0 Å². The molecule has 1 aliphatic rings. The number of carbonyl (C=O) groups is 1. The van der Waals surface area contributed by atoms with Crippen molar-refractivity contribution in [2.24, 2.45) is 0 Å². The smallest absolute Gasteiger partial charge is 0.234 e. The van der Waals surface area contributed by atoms with Crippen LogP contribution < -0.4 is 10.2 Å². The van der Waals surface area contributed by atoms with Crippen molar-refractivity contribution in [3.05, 3.63) is 52.9 Å². The molecule has 1 aromatic carbocycles. The summed E-state index contributed by atoms with van der Waals surface area (Å²) in [5, 5.41) is 12.9. The largest absolute Gasteiger partial charge is 0.467 e. The Hall–Kier alpha value is -2.45. The molecule has 0 saturated carbocycles. The Bertz CT molecular complexity index is 983. The number of thioether (sulfide) groups is 1. The summed E-state index contributed by atoms with van der Waals surface area (Å²) >= 11 is 7.49. The van der Waals surface area contributed by atoms with Gasteiger partial charge in [-0.25, -0.2) is 0 Å². The molecule has 1 saturated heterocycles. The molecule has 0 atom stereocenters. The highest BCUT2D eigenvalue weighted by Gasteiger charge is 2.22. The number of carbonyl (C=O) groups excluding carboxylic acids is 1. The van der Waals surface area contributed by atoms with Gasteiger partial charge in [0.2, 0.25) is 11.9 Å². The van der Waals surface area contributed by atoms with Gasteiger partial charge in [-0.3, -0.25) is 9.36 Å². The molecule has 29 heavy (non-hydrogen) atoms. The number of hydrogen-bond acceptors (Lipinski definition) is 6. The van der Waals surface area contributed by atoms with Crippen molar-refractivity contribution in [1.82, 2.24) is 14.8 Å². The fraction of sp³-hybridized carbons (Fsp3) is 0.350. The van der Waals surface area contributed by atoms with E-state index in [2.05, 4.69) is 20.4 Å². The average Bonchev–Trinajstić information content (AvgIpc) is 3.45. The number of amides is 1. The lowest BCUT2D eigenvalue weighted by Gasteiger charge is -2.17. The van der Waals surface area contributed by atoms with Crippen molar-refractivity contribution in [2.75, 3.05) is 29.1 Å². The van der Waals surface area contributed by atoms with Crippen molar-refractivity contribution >= 4 is 40.9 Å². The summed E-state index contributed by atoms with van der Waals surface area (Å²) in [5.41, 5.74) is 1.65. The van der Waals surface area contributed by atoms with E-state index in [-0.39, 0.29) is 11.7 Å². The van der Waals surface area contributed by atoms with Crippen LogP contribution in [0, 0.1) is 6.92 Å². The molecule has 1 fully saturated rings. The van der Waals surface area contributed by atoms with Gasteiger partial charge in [0.25, 0.3) is 0 Å². The standard InChI is InChI=1S/C20H22ClN5O2S/c1-14-6-7-15(11-17(14)21)22-18(27)13-29-20-24-23-19(25-8-2-3-9-25)26(20)12-16-5-4-10-28-16/h4-7,10-11H,2-3,8-9,12-13H2,1H3,(H,22,27). The fourth-order valence-electron chi connectivity index (χ4n) is 3.23. The zero-order valence-electron chi connectivity index (χ0n) is 16.1. The maximum absolute atomic E-state index is 12.4. The molecular formula is C20H22ClN5O2S. The van der Waals surface area contributed by atoms with Gasteiger partial charge in [-0.2, -0.15) is 0 Å². The second-order valence-electron chi connectivity index (χ2n) is 6.94. The van der Waals surface area contributed by atoms with E-state index in [1.54, 1.807) is 12.3 Å². The van der Waals surface area contributed by atoms with Gasteiger partial charge >= 0.3 is 0 Å². The zero-order valence-corrected chi connectivity index (χ0v) is 17.7. The molecule has 0 bridgehead atoms. The molecule has 3 heterocycles. The SMILES string of the molecule is Cc1ccc(NC(=O)CSc2nnc(N3CCCC3)n2Cc2ccco2)cc1Cl. The molecule has 1 aliphatic heterocycles. The Morgan fingerprint density at radius 3 is 2.83 bits per heavy atom. The number of aryl methyl sites for hydroxylation is 1. The minimum absolute atomic E-state index is 0.120. The molecule has 0 radical (unpaired) electrons. The van der Waals surface area contributed by atoms with E-state index in [4.69, 9.17) is 16.0 Å². The van der Waals surface area contributed by atoms with Gasteiger partial charge in [0.15, 0.2) is 5.16 Å². The Balaban J connectivity index is 1.45. The van der Waals surface area contributed by atoms with E-state index in [1.807, 2.05) is 35.8 Å². The van der Waals surface area contributed by atoms with Gasteiger partial charge in [0.1, 0.15) is 5.76 Å². The van der Waals surface area contributed by atoms with E-state index in [0.717, 1.165) is 43.2 Å². The first kappa shape index (κ1) is 19.8. The number of furan rings is 1. The lowest BCUT2D eigenvalue weighted by molar-refractivity contribution is -0.113. The van der Waals surface area contributed by atoms with Crippen LogP contribution in [-0.2, 0) is 11.3 Å². The van der Waals surface area contributed by atoms with Gasteiger partial charge in [-0.15, -0.1) is 10.2 Å². The van der Waals surface area contributed by atoms with Gasteiger partial charge in [-0.1, -0.05) is 29.4 Å². The summed E-state index contributed by atoms with van der Waals surface area (Å²) in [5.74, 6) is 1.75. The molecule has 1 amide bonds. The minimum Gasteiger partial charge on any atom is -0.467 e. The summed E-state index contributed by atoms with van der Waals surface area (Å²) in [7, 11) is 0. The quantitative estimate of drug-likeness (QED) is 0.564. The van der Waals surface area contributed by atoms with Crippen LogP contribution in [0.15, 0.2) is 46.2 Å². The number of anilines is 2. The third kappa shape index (κ3) is 4.76. The Morgan fingerprint density at radius 2 is 2.10 bits per heavy atom. The lowest BCUT2D eigenvalue weighted by Crippen LogP contribution is -2.22. The molecule has 3 aromatic rings. The number of nitrogens with one attached hydrogen (secondary N) is 1. The number of rotatable bonds is 7. The summed E-state index contributed by atoms with van der Waals surface area (Å²) < 4.78 is 7.53. The van der Waals surface area contributed by atoms with Gasteiger partial charge < -0.3 is 14.6 Å². The Labute approximate surface area is 178 Å². The number of benzene rings is 1. The fourth-order valence-corrected chi connectivity index (χ4v) is 4.15. The summed E-state index contributed by atoms with van der Waals surface area (Å²) in [6.45, 7) is 4.39. The maximum Gasteiger partial charge on any atom is 0.234 e. The molecule has 7 nitrogen and oxygen atoms in total. The monoisotopic (exact) mass is 431 g/mol. The maximum atomic E-state index is 12.4. The number of aromatic nitrogens is 3. The van der Waals surface area contributed by atoms with E-state index in [1.165, 1.54) is 11.8 Å². The molecule has 152 valence electrons. The molecule has 0 unspecified atom stereocenters. The van der Waals surface area contributed by atoms with Crippen LogP contribution >= 0.6 is 23.4 Å². The number of hydrogen-bond donors (Lipinski definition) is 1. The molecule has 0 aliphatic carbocycles. The van der Waals surface area contributed by atoms with Gasteiger partial charge in [0.05, 0.1) is 18.6 Å². The molecule has 1 N–H and O–H groups in total. The molecule has 0 spiro atoms. The van der Waals surface area contributed by atoms with Crippen LogP contribution in [-0.4, -0.2) is 39.5 Å². The normalized spacial score (nSPS) is 13.8. The second kappa shape index (κ2) is 8.92. The molecular weight excluding hydrogens is 410 g/mol. The van der Waals surface area contributed by atoms with Crippen molar-refractivity contribution in [3.63, 3.8) is 0 Å². The first-order valence-electron chi connectivity index (χ1n) is 9.49. The van der Waals surface area contributed by atoms with Crippen molar-refractivity contribution in [2.45, 2.75) is 31.5 Å². The van der Waals surface area contributed by atoms with E-state index >= 15 is 0 Å². The zero-order chi connectivity index (χ0) is 20.2. The average molecular weight is 432 g/mol. The molecule has 9 heteroatoms. The highest BCUT2D eigenvalue weighted by Crippen LogP contribution is 2.26. The predicted molar refractivity (Wildman–Crippen MR) is 115 cm³/mol. The van der Waals surface area contributed by atoms with Gasteiger partial charge in [0, 0.05) is 23.8 Å². The Morgan fingerprint density at radius 1 is 1.28 bits per heavy atom. The van der Waals surface area contributed by atoms with Gasteiger partial charge in [-0.05, 0) is 49.6 Å². The van der Waals surface area contributed by atoms with Crippen molar-refractivity contribution in [3.8, 4) is 0 Å². The third-order valence-corrected chi connectivity index (χ3v) is 6.14. The minimum atomic E-state index is -0.120. The first-order chi connectivity index (χ1) is 14.1. The Kier molecular flexibility index (Phi) is 6.10. The highest BCUT2D eigenvalue weighted by atomic mass is 35.5. The predicted octanol–water partition coefficient (Wildman–Crippen LogP) is 4.21. The summed E-state index contributed by atoms with van der Waals surface area (Å²) in [4.78, 5) is 14.6. The van der Waals surface area contributed by atoms with Crippen molar-refractivity contribution in [1.29, 1.82) is 0 Å². The topological polar surface area (TPSA) is 76.2 Å². The third-order valence-electron chi connectivity index (χ3n) is 4.77. The van der Waals surface area contributed by atoms with E-state index < -0.39 is 0 Å². The molecule has 4 rings (SSSR count). The first-order valence-corrected chi connectivity index (χ1v) is 10.9. The van der Waals surface area contributed by atoms with E-state index in [0.29, 0.717) is 22.4 Å². The van der Waals surface area contributed by atoms with Crippen LogP contribution in [0.2, 0.25) is 5.02 Å². The second-order valence-corrected chi connectivity index (χ2v) is 8.29. The summed E-state index contributed by atoms with van der Waals surface area (Å²) in [6.07, 6.45) is 3.96. The van der Waals surface area contributed by atoms with Crippen LogP contribution in [0.1, 0.15) is 24.2 Å². The van der Waals surface area contributed by atoms with Crippen molar-refractivity contribution < 1.29 is 9.21 Å².